The van der Waals surface area contributed by atoms with Gasteiger partial charge >= 0.3 is 5.97 Å². The Labute approximate surface area is 123 Å². The van der Waals surface area contributed by atoms with E-state index in [1.807, 2.05) is 0 Å². The number of nitrogens with one attached hydrogen (secondary N) is 1. The van der Waals surface area contributed by atoms with Crippen molar-refractivity contribution in [2.45, 2.75) is 13.8 Å². The van der Waals surface area contributed by atoms with Gasteiger partial charge < -0.3 is 19.9 Å². The number of amides is 1. The van der Waals surface area contributed by atoms with E-state index in [2.05, 4.69) is 5.32 Å². The molecule has 0 heterocycles. The SMILES string of the molecule is COc1ccc(OCCNC(=O)/C(C)=C(/C)C(=O)O)cc1. The van der Waals surface area contributed by atoms with Crippen LogP contribution in [0.1, 0.15) is 13.8 Å². The molecular formula is C15H19NO5. The second kappa shape index (κ2) is 7.94. The molecule has 0 aromatic heterocycles. The minimum Gasteiger partial charge on any atom is -0.497 e. The number of carboxylic acid groups (broad SMARTS) is 1. The van der Waals surface area contributed by atoms with Gasteiger partial charge in [0.15, 0.2) is 0 Å². The van der Waals surface area contributed by atoms with E-state index in [1.54, 1.807) is 31.4 Å². The summed E-state index contributed by atoms with van der Waals surface area (Å²) in [6, 6.07) is 7.08. The molecule has 0 saturated carbocycles. The lowest BCUT2D eigenvalue weighted by Crippen LogP contribution is -2.29. The molecule has 2 N–H and O–H groups in total. The van der Waals surface area contributed by atoms with Crippen LogP contribution in [0.15, 0.2) is 35.4 Å². The van der Waals surface area contributed by atoms with Crippen molar-refractivity contribution in [2.75, 3.05) is 20.3 Å². The molecule has 0 spiro atoms. The van der Waals surface area contributed by atoms with Crippen LogP contribution in [-0.4, -0.2) is 37.2 Å². The van der Waals surface area contributed by atoms with E-state index >= 15 is 0 Å². The Balaban J connectivity index is 2.38. The number of benzene rings is 1. The lowest BCUT2D eigenvalue weighted by atomic mass is 10.1. The molecular weight excluding hydrogens is 274 g/mol. The summed E-state index contributed by atoms with van der Waals surface area (Å²) in [6.45, 7) is 3.45. The van der Waals surface area contributed by atoms with Crippen LogP contribution in [0, 0.1) is 0 Å². The Morgan fingerprint density at radius 3 is 2.19 bits per heavy atom. The average molecular weight is 293 g/mol. The van der Waals surface area contributed by atoms with Crippen LogP contribution < -0.4 is 14.8 Å². The smallest absolute Gasteiger partial charge is 0.331 e. The molecule has 1 rings (SSSR count). The standard InChI is InChI=1S/C15H19NO5/c1-10(11(2)15(18)19)14(17)16-8-9-21-13-6-4-12(20-3)5-7-13/h4-7H,8-9H2,1-3H3,(H,16,17)(H,18,19)/b11-10-. The third-order valence-electron chi connectivity index (χ3n) is 2.94. The second-order valence-electron chi connectivity index (χ2n) is 4.34. The number of carbonyl (C=O) groups excluding carboxylic acids is 1. The second-order valence-corrected chi connectivity index (χ2v) is 4.34. The predicted molar refractivity (Wildman–Crippen MR) is 77.5 cm³/mol. The van der Waals surface area contributed by atoms with Crippen LogP contribution in [0.3, 0.4) is 0 Å². The first-order chi connectivity index (χ1) is 9.95. The van der Waals surface area contributed by atoms with Gasteiger partial charge in [0.1, 0.15) is 18.1 Å². The number of methoxy groups -OCH3 is 1. The van der Waals surface area contributed by atoms with Crippen molar-refractivity contribution in [3.8, 4) is 11.5 Å². The highest BCUT2D eigenvalue weighted by atomic mass is 16.5. The predicted octanol–water partition coefficient (Wildman–Crippen LogP) is 1.61. The first-order valence-electron chi connectivity index (χ1n) is 6.41. The summed E-state index contributed by atoms with van der Waals surface area (Å²) in [7, 11) is 1.58. The van der Waals surface area contributed by atoms with Crippen molar-refractivity contribution < 1.29 is 24.2 Å². The fourth-order valence-corrected chi connectivity index (χ4v) is 1.47. The number of ether oxygens (including phenoxy) is 2. The largest absolute Gasteiger partial charge is 0.497 e. The molecule has 114 valence electrons. The van der Waals surface area contributed by atoms with Gasteiger partial charge in [-0.15, -0.1) is 0 Å². The number of hydrogen-bond donors (Lipinski definition) is 2. The van der Waals surface area contributed by atoms with Crippen molar-refractivity contribution in [1.29, 1.82) is 0 Å². The Kier molecular flexibility index (Phi) is 6.26. The van der Waals surface area contributed by atoms with Crippen molar-refractivity contribution in [2.24, 2.45) is 0 Å². The van der Waals surface area contributed by atoms with Crippen LogP contribution in [-0.2, 0) is 9.59 Å². The Morgan fingerprint density at radius 1 is 1.10 bits per heavy atom. The molecule has 0 aliphatic carbocycles. The minimum atomic E-state index is -1.10. The number of rotatable bonds is 7. The fourth-order valence-electron chi connectivity index (χ4n) is 1.47. The molecule has 0 aliphatic rings. The summed E-state index contributed by atoms with van der Waals surface area (Å²) in [5.74, 6) is -0.107. The van der Waals surface area contributed by atoms with Crippen LogP contribution in [0.25, 0.3) is 0 Å². The van der Waals surface area contributed by atoms with Crippen LogP contribution in [0.4, 0.5) is 0 Å². The molecule has 21 heavy (non-hydrogen) atoms. The molecule has 6 nitrogen and oxygen atoms in total. The number of aliphatic carboxylic acids is 1. The van der Waals surface area contributed by atoms with E-state index in [4.69, 9.17) is 14.6 Å². The van der Waals surface area contributed by atoms with Gasteiger partial charge in [-0.2, -0.15) is 0 Å². The Bertz CT molecular complexity index is 533. The number of carbonyl (C=O) groups is 2. The lowest BCUT2D eigenvalue weighted by Gasteiger charge is -2.09. The van der Waals surface area contributed by atoms with Crippen molar-refractivity contribution >= 4 is 11.9 Å². The van der Waals surface area contributed by atoms with Crippen LogP contribution >= 0.6 is 0 Å². The van der Waals surface area contributed by atoms with Crippen molar-refractivity contribution in [1.82, 2.24) is 5.32 Å². The quantitative estimate of drug-likeness (QED) is 0.589. The van der Waals surface area contributed by atoms with E-state index < -0.39 is 11.9 Å². The molecule has 0 atom stereocenters. The van der Waals surface area contributed by atoms with Crippen molar-refractivity contribution in [3.05, 3.63) is 35.4 Å². The summed E-state index contributed by atoms with van der Waals surface area (Å²) in [5, 5.41) is 11.4. The van der Waals surface area contributed by atoms with E-state index in [-0.39, 0.29) is 24.3 Å². The zero-order valence-electron chi connectivity index (χ0n) is 12.3. The van der Waals surface area contributed by atoms with Gasteiger partial charge in [-0.05, 0) is 38.1 Å². The van der Waals surface area contributed by atoms with Gasteiger partial charge in [-0.25, -0.2) is 4.79 Å². The normalized spacial score (nSPS) is 11.4. The summed E-state index contributed by atoms with van der Waals surface area (Å²) in [5.41, 5.74) is 0.218. The maximum absolute atomic E-state index is 11.7. The maximum atomic E-state index is 11.7. The molecule has 0 unspecified atom stereocenters. The summed E-state index contributed by atoms with van der Waals surface area (Å²) < 4.78 is 10.5. The van der Waals surface area contributed by atoms with Gasteiger partial charge in [0.05, 0.1) is 13.7 Å². The molecule has 0 aliphatic heterocycles. The molecule has 1 amide bonds. The number of hydrogen-bond acceptors (Lipinski definition) is 4. The molecule has 0 fully saturated rings. The van der Waals surface area contributed by atoms with E-state index in [9.17, 15) is 9.59 Å². The van der Waals surface area contributed by atoms with E-state index in [0.717, 1.165) is 5.75 Å². The highest BCUT2D eigenvalue weighted by Gasteiger charge is 2.11. The van der Waals surface area contributed by atoms with Crippen LogP contribution in [0.5, 0.6) is 11.5 Å². The summed E-state index contributed by atoms with van der Waals surface area (Å²) in [4.78, 5) is 22.4. The third kappa shape index (κ3) is 5.18. The van der Waals surface area contributed by atoms with Gasteiger partial charge in [-0.1, -0.05) is 0 Å². The number of carboxylic acids is 1. The monoisotopic (exact) mass is 293 g/mol. The average Bonchev–Trinajstić information content (AvgIpc) is 2.50. The zero-order chi connectivity index (χ0) is 15.8. The minimum absolute atomic E-state index is 0.0311. The van der Waals surface area contributed by atoms with Gasteiger partial charge in [0.25, 0.3) is 0 Å². The van der Waals surface area contributed by atoms with Gasteiger partial charge in [-0.3, -0.25) is 4.79 Å². The highest BCUT2D eigenvalue weighted by molar-refractivity contribution is 6.01. The zero-order valence-corrected chi connectivity index (χ0v) is 12.3. The molecule has 0 saturated heterocycles. The van der Waals surface area contributed by atoms with E-state index in [1.165, 1.54) is 13.8 Å². The first-order valence-corrected chi connectivity index (χ1v) is 6.41. The maximum Gasteiger partial charge on any atom is 0.331 e. The topological polar surface area (TPSA) is 84.9 Å². The lowest BCUT2D eigenvalue weighted by molar-refractivity contribution is -0.133. The molecule has 1 aromatic carbocycles. The van der Waals surface area contributed by atoms with Crippen molar-refractivity contribution in [3.63, 3.8) is 0 Å². The summed E-state index contributed by atoms with van der Waals surface area (Å²) in [6.07, 6.45) is 0. The molecule has 0 bridgehead atoms. The first kappa shape index (κ1) is 16.6. The molecule has 0 radical (unpaired) electrons. The highest BCUT2D eigenvalue weighted by Crippen LogP contribution is 2.16. The molecule has 6 heteroatoms. The summed E-state index contributed by atoms with van der Waals surface area (Å²) >= 11 is 0. The van der Waals surface area contributed by atoms with E-state index in [0.29, 0.717) is 5.75 Å². The Morgan fingerprint density at radius 2 is 1.67 bits per heavy atom. The van der Waals surface area contributed by atoms with Crippen LogP contribution in [0.2, 0.25) is 0 Å². The third-order valence-corrected chi connectivity index (χ3v) is 2.94. The molecule has 1 aromatic rings. The Hall–Kier alpha value is -2.50. The van der Waals surface area contributed by atoms with Gasteiger partial charge in [0.2, 0.25) is 5.91 Å². The fraction of sp³-hybridized carbons (Fsp3) is 0.333. The van der Waals surface area contributed by atoms with Gasteiger partial charge in [0, 0.05) is 11.1 Å².